The highest BCUT2D eigenvalue weighted by Crippen LogP contribution is 2.38. The second-order valence-corrected chi connectivity index (χ2v) is 7.76. The van der Waals surface area contributed by atoms with Crippen molar-refractivity contribution < 1.29 is 14.3 Å². The van der Waals surface area contributed by atoms with E-state index in [1.807, 2.05) is 36.4 Å². The van der Waals surface area contributed by atoms with Gasteiger partial charge in [-0.05, 0) is 43.2 Å². The summed E-state index contributed by atoms with van der Waals surface area (Å²) in [6.07, 6.45) is 12.7. The number of ether oxygens (including phenoxy) is 1. The molecule has 1 aromatic rings. The Morgan fingerprint density at radius 3 is 2.42 bits per heavy atom. The number of esters is 1. The van der Waals surface area contributed by atoms with Crippen LogP contribution in [0, 0.1) is 17.8 Å². The molecule has 2 fully saturated rings. The number of hydrogen-bond acceptors (Lipinski definition) is 3. The molecule has 3 heteroatoms. The van der Waals surface area contributed by atoms with Crippen LogP contribution >= 0.6 is 0 Å². The van der Waals surface area contributed by atoms with Crippen molar-refractivity contribution in [2.24, 2.45) is 17.8 Å². The highest BCUT2D eigenvalue weighted by Gasteiger charge is 2.35. The Bertz CT molecular complexity index is 628. The standard InChI is InChI=1S/C23H30O3/c1-17(24)26-22(19-9-4-2-5-10-19)16-15-18-13-8-14-21(18)23(25)20-11-6-3-7-12-20/h2,4-5,9-10,15-16,18,20-22H,3,6-8,11-14H2,1H3/b16-15+/t18-,21+,22?/m1/s1. The zero-order chi connectivity index (χ0) is 18.4. The van der Waals surface area contributed by atoms with Gasteiger partial charge in [0.05, 0.1) is 0 Å². The zero-order valence-electron chi connectivity index (χ0n) is 15.7. The molecule has 2 aliphatic rings. The molecule has 3 atom stereocenters. The van der Waals surface area contributed by atoms with E-state index < -0.39 is 0 Å². The van der Waals surface area contributed by atoms with Gasteiger partial charge in [-0.1, -0.05) is 62.1 Å². The predicted molar refractivity (Wildman–Crippen MR) is 103 cm³/mol. The summed E-state index contributed by atoms with van der Waals surface area (Å²) in [6.45, 7) is 1.44. The number of Topliss-reactive ketones (excluding diaryl/α,β-unsaturated/α-hetero) is 1. The molecular weight excluding hydrogens is 324 g/mol. The van der Waals surface area contributed by atoms with E-state index in [0.717, 1.165) is 37.7 Å². The van der Waals surface area contributed by atoms with Gasteiger partial charge < -0.3 is 4.74 Å². The fourth-order valence-electron chi connectivity index (χ4n) is 4.55. The monoisotopic (exact) mass is 354 g/mol. The topological polar surface area (TPSA) is 43.4 Å². The minimum absolute atomic E-state index is 0.156. The molecule has 0 radical (unpaired) electrons. The summed E-state index contributed by atoms with van der Waals surface area (Å²) in [5.74, 6) is 0.917. The van der Waals surface area contributed by atoms with Gasteiger partial charge in [-0.2, -0.15) is 0 Å². The fraction of sp³-hybridized carbons (Fsp3) is 0.565. The minimum Gasteiger partial charge on any atom is -0.453 e. The molecular formula is C23H30O3. The van der Waals surface area contributed by atoms with Gasteiger partial charge in [0, 0.05) is 18.8 Å². The lowest BCUT2D eigenvalue weighted by Crippen LogP contribution is -2.27. The molecule has 0 spiro atoms. The van der Waals surface area contributed by atoms with Gasteiger partial charge in [0.2, 0.25) is 0 Å². The lowest BCUT2D eigenvalue weighted by molar-refractivity contribution is -0.144. The average molecular weight is 354 g/mol. The lowest BCUT2D eigenvalue weighted by atomic mass is 9.78. The van der Waals surface area contributed by atoms with Crippen LogP contribution in [0.3, 0.4) is 0 Å². The van der Waals surface area contributed by atoms with E-state index in [-0.39, 0.29) is 29.8 Å². The zero-order valence-corrected chi connectivity index (χ0v) is 15.7. The van der Waals surface area contributed by atoms with Crippen molar-refractivity contribution in [1.29, 1.82) is 0 Å². The molecule has 3 nitrogen and oxygen atoms in total. The van der Waals surface area contributed by atoms with Gasteiger partial charge in [0.1, 0.15) is 11.9 Å². The molecule has 140 valence electrons. The van der Waals surface area contributed by atoms with Crippen LogP contribution < -0.4 is 0 Å². The van der Waals surface area contributed by atoms with Crippen LogP contribution in [0.4, 0.5) is 0 Å². The molecule has 3 rings (SSSR count). The maximum absolute atomic E-state index is 13.0. The third-order valence-corrected chi connectivity index (χ3v) is 5.90. The molecule has 2 saturated carbocycles. The normalized spacial score (nSPS) is 25.3. The molecule has 0 N–H and O–H groups in total. The van der Waals surface area contributed by atoms with E-state index in [0.29, 0.717) is 5.78 Å². The Kier molecular flexibility index (Phi) is 6.65. The van der Waals surface area contributed by atoms with Crippen LogP contribution in [0.5, 0.6) is 0 Å². The van der Waals surface area contributed by atoms with Crippen LogP contribution in [0.15, 0.2) is 42.5 Å². The molecule has 0 amide bonds. The molecule has 0 aromatic heterocycles. The van der Waals surface area contributed by atoms with Gasteiger partial charge >= 0.3 is 5.97 Å². The van der Waals surface area contributed by atoms with Gasteiger partial charge in [-0.3, -0.25) is 9.59 Å². The molecule has 2 aliphatic carbocycles. The second kappa shape index (κ2) is 9.16. The summed E-state index contributed by atoms with van der Waals surface area (Å²) in [7, 11) is 0. The van der Waals surface area contributed by atoms with Gasteiger partial charge in [0.25, 0.3) is 0 Å². The summed E-state index contributed by atoms with van der Waals surface area (Å²) in [5, 5.41) is 0. The van der Waals surface area contributed by atoms with Gasteiger partial charge in [-0.15, -0.1) is 0 Å². The minimum atomic E-state index is -0.375. The lowest BCUT2D eigenvalue weighted by Gasteiger charge is -2.25. The number of hydrogen-bond donors (Lipinski definition) is 0. The van der Waals surface area contributed by atoms with E-state index in [1.165, 1.54) is 26.2 Å². The number of carbonyl (C=O) groups excluding carboxylic acids is 2. The summed E-state index contributed by atoms with van der Waals surface area (Å²) in [6, 6.07) is 9.79. The molecule has 0 saturated heterocycles. The number of carbonyl (C=O) groups is 2. The third kappa shape index (κ3) is 4.84. The van der Waals surface area contributed by atoms with E-state index in [4.69, 9.17) is 4.74 Å². The average Bonchev–Trinajstić information content (AvgIpc) is 3.14. The van der Waals surface area contributed by atoms with Crippen LogP contribution in [-0.4, -0.2) is 11.8 Å². The highest BCUT2D eigenvalue weighted by atomic mass is 16.5. The Balaban J connectivity index is 1.69. The van der Waals surface area contributed by atoms with E-state index in [2.05, 4.69) is 6.08 Å². The van der Waals surface area contributed by atoms with E-state index in [1.54, 1.807) is 0 Å². The molecule has 1 unspecified atom stereocenters. The molecule has 1 aromatic carbocycles. The first-order chi connectivity index (χ1) is 12.6. The van der Waals surface area contributed by atoms with Crippen molar-refractivity contribution in [2.45, 2.75) is 64.4 Å². The van der Waals surface area contributed by atoms with Crippen molar-refractivity contribution in [2.75, 3.05) is 0 Å². The first-order valence-electron chi connectivity index (χ1n) is 10.1. The molecule has 0 bridgehead atoms. The van der Waals surface area contributed by atoms with Crippen molar-refractivity contribution in [1.82, 2.24) is 0 Å². The van der Waals surface area contributed by atoms with E-state index >= 15 is 0 Å². The number of benzene rings is 1. The van der Waals surface area contributed by atoms with Gasteiger partial charge in [0.15, 0.2) is 0 Å². The number of allylic oxidation sites excluding steroid dienone is 1. The third-order valence-electron chi connectivity index (χ3n) is 5.90. The van der Waals surface area contributed by atoms with Crippen LogP contribution in [0.25, 0.3) is 0 Å². The van der Waals surface area contributed by atoms with Crippen LogP contribution in [0.1, 0.15) is 70.0 Å². The molecule has 0 heterocycles. The first-order valence-corrected chi connectivity index (χ1v) is 10.1. The summed E-state index contributed by atoms with van der Waals surface area (Å²) >= 11 is 0. The summed E-state index contributed by atoms with van der Waals surface area (Å²) < 4.78 is 5.50. The van der Waals surface area contributed by atoms with Gasteiger partial charge in [-0.25, -0.2) is 0 Å². The first kappa shape index (κ1) is 18.9. The Hall–Kier alpha value is -1.90. The summed E-state index contributed by atoms with van der Waals surface area (Å²) in [5.41, 5.74) is 0.965. The Morgan fingerprint density at radius 2 is 1.73 bits per heavy atom. The number of ketones is 1. The van der Waals surface area contributed by atoms with Crippen molar-refractivity contribution in [3.63, 3.8) is 0 Å². The highest BCUT2D eigenvalue weighted by molar-refractivity contribution is 5.84. The maximum atomic E-state index is 13.0. The molecule has 0 aliphatic heterocycles. The number of rotatable bonds is 6. The second-order valence-electron chi connectivity index (χ2n) is 7.76. The summed E-state index contributed by atoms with van der Waals surface area (Å²) in [4.78, 5) is 24.5. The van der Waals surface area contributed by atoms with Crippen LogP contribution in [0.2, 0.25) is 0 Å². The quantitative estimate of drug-likeness (QED) is 0.506. The molecule has 26 heavy (non-hydrogen) atoms. The SMILES string of the molecule is CC(=O)OC(/C=C/[C@H]1CCC[C@@H]1C(=O)C1CCCCC1)c1ccccc1. The van der Waals surface area contributed by atoms with Crippen molar-refractivity contribution in [3.8, 4) is 0 Å². The fourth-order valence-corrected chi connectivity index (χ4v) is 4.55. The van der Waals surface area contributed by atoms with Crippen molar-refractivity contribution in [3.05, 3.63) is 48.0 Å². The smallest absolute Gasteiger partial charge is 0.303 e. The van der Waals surface area contributed by atoms with Crippen molar-refractivity contribution >= 4 is 11.8 Å². The Morgan fingerprint density at radius 1 is 1.00 bits per heavy atom. The predicted octanol–water partition coefficient (Wildman–Crippen LogP) is 5.41. The van der Waals surface area contributed by atoms with E-state index in [9.17, 15) is 9.59 Å². The maximum Gasteiger partial charge on any atom is 0.303 e. The Labute approximate surface area is 156 Å². The largest absolute Gasteiger partial charge is 0.453 e. The van der Waals surface area contributed by atoms with Crippen LogP contribution in [-0.2, 0) is 14.3 Å².